The summed E-state index contributed by atoms with van der Waals surface area (Å²) in [6, 6.07) is 31.7. The molecule has 0 unspecified atom stereocenters. The van der Waals surface area contributed by atoms with Crippen molar-refractivity contribution in [2.24, 2.45) is 17.9 Å². The molecule has 1 N–H and O–H groups in total. The van der Waals surface area contributed by atoms with Crippen molar-refractivity contribution in [2.75, 3.05) is 0 Å². The maximum absolute atomic E-state index is 11.5. The van der Waals surface area contributed by atoms with Gasteiger partial charge in [0.15, 0.2) is 5.78 Å². The van der Waals surface area contributed by atoms with Gasteiger partial charge in [-0.15, -0.1) is 29.1 Å². The molecule has 2 heterocycles. The Kier molecular flexibility index (Phi) is 9.74. The van der Waals surface area contributed by atoms with Gasteiger partial charge in [0.05, 0.1) is 5.52 Å². The van der Waals surface area contributed by atoms with Crippen molar-refractivity contribution < 1.29 is 30.0 Å². The molecule has 4 nitrogen and oxygen atoms in total. The topological polar surface area (TPSA) is 55.1 Å². The predicted octanol–water partition coefficient (Wildman–Crippen LogP) is 10.9. The minimum Gasteiger partial charge on any atom is -0.512 e. The molecule has 6 aromatic rings. The zero-order valence-electron chi connectivity index (χ0n) is 28.7. The van der Waals surface area contributed by atoms with Gasteiger partial charge < -0.3 is 9.67 Å². The molecule has 5 heteroatoms. The normalized spacial score (nSPS) is 12.7. The summed E-state index contributed by atoms with van der Waals surface area (Å²) in [5.41, 5.74) is 6.02. The summed E-state index contributed by atoms with van der Waals surface area (Å²) in [7, 11) is 2.15. The summed E-state index contributed by atoms with van der Waals surface area (Å²) in [6.45, 7) is 17.9. The average molecular weight is 790 g/mol. The summed E-state index contributed by atoms with van der Waals surface area (Å²) < 4.78 is 2.29. The van der Waals surface area contributed by atoms with E-state index in [9.17, 15) is 9.90 Å². The second-order valence-corrected chi connectivity index (χ2v) is 15.1. The third kappa shape index (κ3) is 6.82. The molecule has 0 saturated carbocycles. The second-order valence-electron chi connectivity index (χ2n) is 15.1. The Balaban J connectivity index is 0.000000295. The smallest absolute Gasteiger partial charge is 0.164 e. The van der Waals surface area contributed by atoms with Crippen LogP contribution in [0.5, 0.6) is 0 Å². The first kappa shape index (κ1) is 35.1. The van der Waals surface area contributed by atoms with Crippen molar-refractivity contribution in [3.05, 3.63) is 102 Å². The van der Waals surface area contributed by atoms with E-state index in [1.54, 1.807) is 0 Å². The van der Waals surface area contributed by atoms with Crippen LogP contribution in [0.4, 0.5) is 0 Å². The molecule has 1 radical (unpaired) electrons. The Hall–Kier alpha value is -3.79. The van der Waals surface area contributed by atoms with Crippen LogP contribution in [0.15, 0.2) is 90.7 Å². The molecule has 0 aliphatic heterocycles. The van der Waals surface area contributed by atoms with Crippen LogP contribution in [0.3, 0.4) is 0 Å². The van der Waals surface area contributed by atoms with Gasteiger partial charge in [-0.25, -0.2) is 0 Å². The van der Waals surface area contributed by atoms with Gasteiger partial charge in [-0.3, -0.25) is 9.78 Å². The minimum absolute atomic E-state index is 0. The minimum atomic E-state index is -0.417. The van der Waals surface area contributed by atoms with Gasteiger partial charge >= 0.3 is 0 Å². The largest absolute Gasteiger partial charge is 0.512 e. The first-order valence-corrected chi connectivity index (χ1v) is 15.7. The molecular formula is C41H45IrN2O2-. The van der Waals surface area contributed by atoms with E-state index in [0.29, 0.717) is 0 Å². The van der Waals surface area contributed by atoms with Crippen LogP contribution in [0, 0.1) is 16.9 Å². The fourth-order valence-corrected chi connectivity index (χ4v) is 5.62. The maximum atomic E-state index is 11.5. The number of nitrogens with zero attached hydrogens (tertiary/aromatic N) is 2. The van der Waals surface area contributed by atoms with Gasteiger partial charge in [0.25, 0.3) is 0 Å². The number of aromatic nitrogens is 2. The number of allylic oxidation sites excluding steroid dienone is 2. The third-order valence-corrected chi connectivity index (χ3v) is 8.35. The molecule has 6 rings (SSSR count). The van der Waals surface area contributed by atoms with Crippen molar-refractivity contribution in [1.29, 1.82) is 0 Å². The van der Waals surface area contributed by atoms with E-state index in [4.69, 9.17) is 4.98 Å². The number of carbonyl (C=O) groups is 1. The molecule has 4 aromatic carbocycles. The van der Waals surface area contributed by atoms with Crippen LogP contribution in [0.1, 0.15) is 67.9 Å². The fourth-order valence-electron chi connectivity index (χ4n) is 5.62. The van der Waals surface area contributed by atoms with Gasteiger partial charge in [-0.1, -0.05) is 128 Å². The van der Waals surface area contributed by atoms with E-state index in [1.807, 2.05) is 41.5 Å². The van der Waals surface area contributed by atoms with Gasteiger partial charge in [0.2, 0.25) is 0 Å². The SMILES string of the molecule is CC(C)(C)C(=O)/C=C(\O)C(C)(C)C.Cn1c2ccccc2c2c3ccccc3nc(-c3[c-]c4ccccc4c(C(C)(C)C)c3)c21.[Ir]. The summed E-state index contributed by atoms with van der Waals surface area (Å²) in [5.74, 6) is 0.104. The summed E-state index contributed by atoms with van der Waals surface area (Å²) >= 11 is 0. The molecule has 2 aromatic heterocycles. The molecule has 46 heavy (non-hydrogen) atoms. The molecule has 0 amide bonds. The van der Waals surface area contributed by atoms with Crippen molar-refractivity contribution in [3.63, 3.8) is 0 Å². The van der Waals surface area contributed by atoms with E-state index in [2.05, 4.69) is 117 Å². The maximum Gasteiger partial charge on any atom is 0.164 e. The zero-order chi connectivity index (χ0) is 32.9. The van der Waals surface area contributed by atoms with E-state index < -0.39 is 5.41 Å². The van der Waals surface area contributed by atoms with E-state index in [-0.39, 0.29) is 42.5 Å². The van der Waals surface area contributed by atoms with Crippen molar-refractivity contribution >= 4 is 49.3 Å². The number of hydrogen-bond acceptors (Lipinski definition) is 3. The number of aliphatic hydroxyl groups is 1. The summed E-state index contributed by atoms with van der Waals surface area (Å²) in [5, 5.41) is 15.7. The van der Waals surface area contributed by atoms with Crippen molar-refractivity contribution in [1.82, 2.24) is 9.55 Å². The Morgan fingerprint density at radius 3 is 1.96 bits per heavy atom. The van der Waals surface area contributed by atoms with Crippen molar-refractivity contribution in [3.8, 4) is 11.3 Å². The standard InChI is InChI=1S/C30H25N2.C11H20O2.Ir/c1-30(2,3)24-18-20(17-19-11-5-6-12-21(19)24)28-29-27(22-13-7-9-15-25(22)31-28)23-14-8-10-16-26(23)32(29)4;1-10(2,3)8(12)7-9(13)11(4,5)6;/h5-16,18H,1-4H3;7,12H,1-6H3;/q-1;;/b;8-7-;. The van der Waals surface area contributed by atoms with Crippen LogP contribution in [-0.4, -0.2) is 20.4 Å². The van der Waals surface area contributed by atoms with Crippen LogP contribution in [0.25, 0.3) is 54.7 Å². The third-order valence-electron chi connectivity index (χ3n) is 8.35. The molecule has 0 aliphatic carbocycles. The first-order valence-electron chi connectivity index (χ1n) is 15.7. The number of fused-ring (bicyclic) bond motifs is 6. The first-order chi connectivity index (χ1) is 21.0. The molecular weight excluding hydrogens is 745 g/mol. The number of ketones is 1. The second kappa shape index (κ2) is 12.8. The number of aliphatic hydroxyl groups excluding tert-OH is 1. The van der Waals surface area contributed by atoms with Crippen LogP contribution in [0.2, 0.25) is 0 Å². The average Bonchev–Trinajstić information content (AvgIpc) is 3.27. The van der Waals surface area contributed by atoms with Crippen LogP contribution in [-0.2, 0) is 37.4 Å². The molecule has 0 saturated heterocycles. The number of hydrogen-bond donors (Lipinski definition) is 1. The molecule has 0 bridgehead atoms. The number of aryl methyl sites for hydroxylation is 1. The number of pyridine rings is 1. The van der Waals surface area contributed by atoms with Crippen LogP contribution >= 0.6 is 0 Å². The van der Waals surface area contributed by atoms with Gasteiger partial charge in [0, 0.05) is 76.9 Å². The molecule has 241 valence electrons. The Labute approximate surface area is 286 Å². The summed E-state index contributed by atoms with van der Waals surface area (Å²) in [4.78, 5) is 16.7. The summed E-state index contributed by atoms with van der Waals surface area (Å²) in [6.07, 6.45) is 1.33. The zero-order valence-corrected chi connectivity index (χ0v) is 31.1. The Morgan fingerprint density at radius 1 is 0.783 bits per heavy atom. The Morgan fingerprint density at radius 2 is 1.35 bits per heavy atom. The van der Waals surface area contributed by atoms with Crippen molar-refractivity contribution in [2.45, 2.75) is 67.7 Å². The quantitative estimate of drug-likeness (QED) is 0.108. The number of rotatable bonds is 2. The van der Waals surface area contributed by atoms with Crippen LogP contribution < -0.4 is 0 Å². The van der Waals surface area contributed by atoms with Gasteiger partial charge in [-0.2, -0.15) is 0 Å². The number of carbonyl (C=O) groups excluding carboxylic acids is 1. The molecule has 0 fully saturated rings. The number of para-hydroxylation sites is 2. The molecule has 0 spiro atoms. The van der Waals surface area contributed by atoms with E-state index >= 15 is 0 Å². The van der Waals surface area contributed by atoms with Gasteiger partial charge in [-0.05, 0) is 17.5 Å². The van der Waals surface area contributed by atoms with E-state index in [1.165, 1.54) is 38.7 Å². The Bertz CT molecular complexity index is 2100. The van der Waals surface area contributed by atoms with Gasteiger partial charge in [0.1, 0.15) is 5.76 Å². The fraction of sp³-hybridized carbons (Fsp3) is 0.317. The molecule has 0 atom stereocenters. The molecule has 0 aliphatic rings. The predicted molar refractivity (Wildman–Crippen MR) is 191 cm³/mol. The monoisotopic (exact) mass is 790 g/mol. The van der Waals surface area contributed by atoms with E-state index in [0.717, 1.165) is 27.7 Å². The number of benzene rings is 4.